The third-order valence-corrected chi connectivity index (χ3v) is 2.54. The lowest BCUT2D eigenvalue weighted by atomic mass is 10.1. The molecule has 2 heterocycles. The summed E-state index contributed by atoms with van der Waals surface area (Å²) in [5.41, 5.74) is 0. The second-order valence-corrected chi connectivity index (χ2v) is 3.75. The highest BCUT2D eigenvalue weighted by molar-refractivity contribution is 5.85. The number of anilines is 1. The average Bonchev–Trinajstić information content (AvgIpc) is 2.30. The standard InChI is InChI=1S/C10H15FN4.ClH/c11-8-5-13-10(14-6-8)15-7-9-3-1-2-4-12-9;/h5-6,9,12H,1-4,7H2,(H,13,14,15);1H. The van der Waals surface area contributed by atoms with Crippen molar-refractivity contribution in [2.45, 2.75) is 25.3 Å². The normalized spacial score (nSPS) is 19.9. The molecule has 0 spiro atoms. The predicted octanol–water partition coefficient (Wildman–Crippen LogP) is 1.59. The van der Waals surface area contributed by atoms with Gasteiger partial charge >= 0.3 is 0 Å². The van der Waals surface area contributed by atoms with Gasteiger partial charge in [-0.2, -0.15) is 0 Å². The lowest BCUT2D eigenvalue weighted by Gasteiger charge is -2.23. The maximum absolute atomic E-state index is 12.5. The van der Waals surface area contributed by atoms with Crippen molar-refractivity contribution in [2.24, 2.45) is 0 Å². The molecule has 0 saturated carbocycles. The molecule has 2 N–H and O–H groups in total. The quantitative estimate of drug-likeness (QED) is 0.851. The highest BCUT2D eigenvalue weighted by Crippen LogP contribution is 2.07. The molecule has 1 aliphatic rings. The smallest absolute Gasteiger partial charge is 0.222 e. The summed E-state index contributed by atoms with van der Waals surface area (Å²) < 4.78 is 12.5. The monoisotopic (exact) mass is 246 g/mol. The van der Waals surface area contributed by atoms with Crippen LogP contribution in [0.2, 0.25) is 0 Å². The first-order valence-electron chi connectivity index (χ1n) is 5.29. The SMILES string of the molecule is Cl.Fc1cnc(NCC2CCCCN2)nc1. The molecule has 0 bridgehead atoms. The lowest BCUT2D eigenvalue weighted by molar-refractivity contribution is 0.413. The van der Waals surface area contributed by atoms with Crippen molar-refractivity contribution in [1.82, 2.24) is 15.3 Å². The molecule has 1 aliphatic heterocycles. The van der Waals surface area contributed by atoms with Crippen LogP contribution in [0.1, 0.15) is 19.3 Å². The van der Waals surface area contributed by atoms with Crippen LogP contribution in [0.15, 0.2) is 12.4 Å². The molecule has 4 nitrogen and oxygen atoms in total. The van der Waals surface area contributed by atoms with Gasteiger partial charge in [0.25, 0.3) is 0 Å². The van der Waals surface area contributed by atoms with E-state index < -0.39 is 5.82 Å². The molecule has 1 aromatic rings. The van der Waals surface area contributed by atoms with E-state index in [1.807, 2.05) is 0 Å². The largest absolute Gasteiger partial charge is 0.353 e. The minimum Gasteiger partial charge on any atom is -0.353 e. The summed E-state index contributed by atoms with van der Waals surface area (Å²) in [6.07, 6.45) is 6.04. The van der Waals surface area contributed by atoms with Gasteiger partial charge in [0.05, 0.1) is 12.4 Å². The third kappa shape index (κ3) is 3.90. The zero-order valence-electron chi connectivity index (χ0n) is 8.95. The van der Waals surface area contributed by atoms with E-state index in [0.717, 1.165) is 13.1 Å². The Morgan fingerprint density at radius 1 is 1.38 bits per heavy atom. The predicted molar refractivity (Wildman–Crippen MR) is 63.4 cm³/mol. The molecule has 1 unspecified atom stereocenters. The Labute approximate surface area is 100 Å². The van der Waals surface area contributed by atoms with Gasteiger partial charge in [-0.15, -0.1) is 12.4 Å². The molecule has 90 valence electrons. The van der Waals surface area contributed by atoms with Crippen molar-refractivity contribution in [1.29, 1.82) is 0 Å². The van der Waals surface area contributed by atoms with Crippen LogP contribution in [-0.2, 0) is 0 Å². The van der Waals surface area contributed by atoms with Gasteiger partial charge < -0.3 is 10.6 Å². The molecule has 1 fully saturated rings. The van der Waals surface area contributed by atoms with Crippen molar-refractivity contribution in [3.63, 3.8) is 0 Å². The Hall–Kier alpha value is -0.940. The van der Waals surface area contributed by atoms with E-state index in [4.69, 9.17) is 0 Å². The van der Waals surface area contributed by atoms with Crippen molar-refractivity contribution in [2.75, 3.05) is 18.4 Å². The van der Waals surface area contributed by atoms with E-state index in [0.29, 0.717) is 12.0 Å². The first kappa shape index (κ1) is 13.1. The van der Waals surface area contributed by atoms with Crippen LogP contribution in [0.3, 0.4) is 0 Å². The van der Waals surface area contributed by atoms with Gasteiger partial charge in [0.15, 0.2) is 5.82 Å². The summed E-state index contributed by atoms with van der Waals surface area (Å²) in [6.45, 7) is 1.88. The Bertz CT molecular complexity index is 300. The highest BCUT2D eigenvalue weighted by Gasteiger charge is 2.12. The molecule has 0 radical (unpaired) electrons. The molecule has 6 heteroatoms. The Morgan fingerprint density at radius 3 is 2.75 bits per heavy atom. The van der Waals surface area contributed by atoms with Crippen LogP contribution < -0.4 is 10.6 Å². The lowest BCUT2D eigenvalue weighted by Crippen LogP contribution is -2.39. The van der Waals surface area contributed by atoms with E-state index in [1.54, 1.807) is 0 Å². The van der Waals surface area contributed by atoms with Crippen LogP contribution in [0.25, 0.3) is 0 Å². The Morgan fingerprint density at radius 2 is 2.12 bits per heavy atom. The number of piperidine rings is 1. The Balaban J connectivity index is 0.00000128. The molecule has 0 aromatic carbocycles. The van der Waals surface area contributed by atoms with Gasteiger partial charge in [-0.25, -0.2) is 14.4 Å². The van der Waals surface area contributed by atoms with Gasteiger partial charge in [0, 0.05) is 12.6 Å². The van der Waals surface area contributed by atoms with Crippen LogP contribution in [0, 0.1) is 5.82 Å². The fourth-order valence-electron chi connectivity index (χ4n) is 1.72. The van der Waals surface area contributed by atoms with Crippen molar-refractivity contribution < 1.29 is 4.39 Å². The molecule has 1 atom stereocenters. The Kier molecular flexibility index (Phi) is 5.42. The van der Waals surface area contributed by atoms with Crippen LogP contribution in [-0.4, -0.2) is 29.1 Å². The first-order chi connectivity index (χ1) is 7.34. The number of nitrogens with zero attached hydrogens (tertiary/aromatic N) is 2. The molecular weight excluding hydrogens is 231 g/mol. The van der Waals surface area contributed by atoms with E-state index in [-0.39, 0.29) is 12.4 Å². The summed E-state index contributed by atoms with van der Waals surface area (Å²) >= 11 is 0. The number of aromatic nitrogens is 2. The zero-order chi connectivity index (χ0) is 10.5. The molecule has 0 amide bonds. The topological polar surface area (TPSA) is 49.8 Å². The molecule has 1 aromatic heterocycles. The van der Waals surface area contributed by atoms with E-state index >= 15 is 0 Å². The number of hydrogen-bond acceptors (Lipinski definition) is 4. The molecule has 2 rings (SSSR count). The van der Waals surface area contributed by atoms with Crippen molar-refractivity contribution in [3.8, 4) is 0 Å². The summed E-state index contributed by atoms with van der Waals surface area (Å²) in [5.74, 6) is 0.0834. The minimum atomic E-state index is -0.406. The molecule has 0 aliphatic carbocycles. The number of rotatable bonds is 3. The zero-order valence-corrected chi connectivity index (χ0v) is 9.76. The number of nitrogens with one attached hydrogen (secondary N) is 2. The van der Waals surface area contributed by atoms with Crippen molar-refractivity contribution >= 4 is 18.4 Å². The van der Waals surface area contributed by atoms with E-state index in [9.17, 15) is 4.39 Å². The van der Waals surface area contributed by atoms with Gasteiger partial charge in [-0.05, 0) is 19.4 Å². The molecule has 16 heavy (non-hydrogen) atoms. The summed E-state index contributed by atoms with van der Waals surface area (Å²) in [4.78, 5) is 7.68. The van der Waals surface area contributed by atoms with Gasteiger partial charge in [-0.3, -0.25) is 0 Å². The maximum Gasteiger partial charge on any atom is 0.222 e. The van der Waals surface area contributed by atoms with Gasteiger partial charge in [0.1, 0.15) is 0 Å². The van der Waals surface area contributed by atoms with Crippen LogP contribution >= 0.6 is 12.4 Å². The summed E-state index contributed by atoms with van der Waals surface area (Å²) in [7, 11) is 0. The van der Waals surface area contributed by atoms with Gasteiger partial charge in [-0.1, -0.05) is 6.42 Å². The maximum atomic E-state index is 12.5. The second-order valence-electron chi connectivity index (χ2n) is 3.75. The van der Waals surface area contributed by atoms with E-state index in [2.05, 4.69) is 20.6 Å². The first-order valence-corrected chi connectivity index (χ1v) is 5.29. The summed E-state index contributed by atoms with van der Waals surface area (Å²) in [5, 5.41) is 6.50. The third-order valence-electron chi connectivity index (χ3n) is 2.54. The van der Waals surface area contributed by atoms with Crippen molar-refractivity contribution in [3.05, 3.63) is 18.2 Å². The fourth-order valence-corrected chi connectivity index (χ4v) is 1.72. The number of halogens is 2. The molecule has 1 saturated heterocycles. The number of hydrogen-bond donors (Lipinski definition) is 2. The highest BCUT2D eigenvalue weighted by atomic mass is 35.5. The fraction of sp³-hybridized carbons (Fsp3) is 0.600. The minimum absolute atomic E-state index is 0. The van der Waals surface area contributed by atoms with Crippen LogP contribution in [0.5, 0.6) is 0 Å². The summed E-state index contributed by atoms with van der Waals surface area (Å²) in [6, 6.07) is 0.479. The van der Waals surface area contributed by atoms with E-state index in [1.165, 1.54) is 31.7 Å². The second kappa shape index (κ2) is 6.60. The van der Waals surface area contributed by atoms with Crippen LogP contribution in [0.4, 0.5) is 10.3 Å². The molecular formula is C10H16ClFN4. The average molecular weight is 247 g/mol. The van der Waals surface area contributed by atoms with Gasteiger partial charge in [0.2, 0.25) is 5.95 Å².